The third-order valence-corrected chi connectivity index (χ3v) is 8.97. The van der Waals surface area contributed by atoms with E-state index in [1.165, 1.54) is 4.90 Å². The van der Waals surface area contributed by atoms with Gasteiger partial charge in [0.1, 0.15) is 11.6 Å². The lowest BCUT2D eigenvalue weighted by molar-refractivity contribution is -0.144. The van der Waals surface area contributed by atoms with Crippen LogP contribution in [0, 0.1) is 11.8 Å². The Balaban J connectivity index is 1.49. The number of halogens is 2. The molecule has 3 saturated heterocycles. The minimum absolute atomic E-state index is 0.214. The fraction of sp³-hybridized carbons (Fsp3) is 0.444. The molecule has 196 valence electrons. The van der Waals surface area contributed by atoms with Crippen molar-refractivity contribution in [3.05, 3.63) is 65.2 Å². The highest BCUT2D eigenvalue weighted by molar-refractivity contribution is 9.09. The Morgan fingerprint density at radius 3 is 2.57 bits per heavy atom. The molecule has 8 nitrogen and oxygen atoms in total. The molecule has 2 aromatic rings. The fourth-order valence-corrected chi connectivity index (χ4v) is 7.27. The maximum Gasteiger partial charge on any atom is 0.250 e. The van der Waals surface area contributed by atoms with Crippen LogP contribution in [0.2, 0.25) is 5.02 Å². The van der Waals surface area contributed by atoms with Crippen molar-refractivity contribution in [3.8, 4) is 0 Å². The van der Waals surface area contributed by atoms with Gasteiger partial charge in [-0.1, -0.05) is 76.9 Å². The number of carbonyl (C=O) groups excluding carboxylic acids is 3. The van der Waals surface area contributed by atoms with Crippen LogP contribution in [0.1, 0.15) is 25.3 Å². The SMILES string of the molecule is CC[C@@H](CO)N1C(=O)[C@@H]2[C@@H](C(=O)NCc3ccccc3)[C@@H]3OC2(CC3Br)C1C(=O)Nc1ccccc1Cl. The number of hydrogen-bond donors (Lipinski definition) is 3. The number of fused-ring (bicyclic) bond motifs is 1. The average molecular weight is 591 g/mol. The summed E-state index contributed by atoms with van der Waals surface area (Å²) in [6, 6.07) is 14.7. The molecule has 0 saturated carbocycles. The number of para-hydroxylation sites is 1. The number of aliphatic hydroxyl groups excluding tert-OH is 1. The van der Waals surface area contributed by atoms with E-state index in [-0.39, 0.29) is 23.2 Å². The van der Waals surface area contributed by atoms with Gasteiger partial charge < -0.3 is 25.4 Å². The van der Waals surface area contributed by atoms with Crippen molar-refractivity contribution in [1.82, 2.24) is 10.2 Å². The molecule has 0 aliphatic carbocycles. The number of carbonyl (C=O) groups is 3. The average Bonchev–Trinajstić information content (AvgIpc) is 3.49. The van der Waals surface area contributed by atoms with E-state index in [0.29, 0.717) is 30.1 Å². The van der Waals surface area contributed by atoms with Crippen molar-refractivity contribution in [2.75, 3.05) is 11.9 Å². The summed E-state index contributed by atoms with van der Waals surface area (Å²) in [6.07, 6.45) is 0.263. The van der Waals surface area contributed by atoms with Crippen molar-refractivity contribution in [2.24, 2.45) is 11.8 Å². The van der Waals surface area contributed by atoms with Crippen molar-refractivity contribution < 1.29 is 24.2 Å². The van der Waals surface area contributed by atoms with Crippen molar-refractivity contribution in [2.45, 2.75) is 54.9 Å². The van der Waals surface area contributed by atoms with Gasteiger partial charge >= 0.3 is 0 Å². The van der Waals surface area contributed by atoms with Gasteiger partial charge in [-0.05, 0) is 30.5 Å². The van der Waals surface area contributed by atoms with Crippen LogP contribution in [-0.4, -0.2) is 63.0 Å². The number of hydrogen-bond acceptors (Lipinski definition) is 5. The second-order valence-corrected chi connectivity index (χ2v) is 11.4. The number of nitrogens with one attached hydrogen (secondary N) is 2. The summed E-state index contributed by atoms with van der Waals surface area (Å²) >= 11 is 9.95. The van der Waals surface area contributed by atoms with E-state index in [2.05, 4.69) is 26.6 Å². The summed E-state index contributed by atoms with van der Waals surface area (Å²) in [7, 11) is 0. The van der Waals surface area contributed by atoms with Crippen molar-refractivity contribution >= 4 is 50.9 Å². The van der Waals surface area contributed by atoms with Gasteiger partial charge in [-0.25, -0.2) is 0 Å². The number of alkyl halides is 1. The van der Waals surface area contributed by atoms with Gasteiger partial charge in [0.2, 0.25) is 17.7 Å². The number of amides is 3. The summed E-state index contributed by atoms with van der Waals surface area (Å²) in [5, 5.41) is 16.3. The van der Waals surface area contributed by atoms with Crippen LogP contribution in [0.4, 0.5) is 5.69 Å². The van der Waals surface area contributed by atoms with Crippen LogP contribution in [0.15, 0.2) is 54.6 Å². The molecular formula is C27H29BrClN3O5. The second kappa shape index (κ2) is 10.4. The van der Waals surface area contributed by atoms with Gasteiger partial charge in [-0.3, -0.25) is 14.4 Å². The Kier molecular flexibility index (Phi) is 7.33. The van der Waals surface area contributed by atoms with Gasteiger partial charge in [-0.15, -0.1) is 0 Å². The first-order chi connectivity index (χ1) is 17.8. The summed E-state index contributed by atoms with van der Waals surface area (Å²) in [6.45, 7) is 1.85. The number of nitrogens with zero attached hydrogens (tertiary/aromatic N) is 1. The Morgan fingerprint density at radius 2 is 1.89 bits per heavy atom. The normalized spacial score (nSPS) is 30.8. The maximum atomic E-state index is 14.0. The minimum atomic E-state index is -1.21. The molecule has 0 aromatic heterocycles. The predicted molar refractivity (Wildman–Crippen MR) is 142 cm³/mol. The highest BCUT2D eigenvalue weighted by Crippen LogP contribution is 2.60. The third kappa shape index (κ3) is 4.35. The van der Waals surface area contributed by atoms with Gasteiger partial charge in [0.15, 0.2) is 0 Å². The van der Waals surface area contributed by atoms with Gasteiger partial charge in [-0.2, -0.15) is 0 Å². The van der Waals surface area contributed by atoms with Crippen LogP contribution in [0.25, 0.3) is 0 Å². The molecule has 3 amide bonds. The molecule has 3 N–H and O–H groups in total. The van der Waals surface area contributed by atoms with Gasteiger partial charge in [0.25, 0.3) is 0 Å². The third-order valence-electron chi connectivity index (χ3n) is 7.79. The predicted octanol–water partition coefficient (Wildman–Crippen LogP) is 3.11. The van der Waals surface area contributed by atoms with E-state index < -0.39 is 41.5 Å². The summed E-state index contributed by atoms with van der Waals surface area (Å²) in [5.41, 5.74) is 0.143. The zero-order valence-corrected chi connectivity index (χ0v) is 22.6. The number of rotatable bonds is 8. The smallest absolute Gasteiger partial charge is 0.250 e. The van der Waals surface area contributed by atoms with E-state index in [4.69, 9.17) is 16.3 Å². The van der Waals surface area contributed by atoms with Crippen LogP contribution >= 0.6 is 27.5 Å². The first-order valence-corrected chi connectivity index (χ1v) is 13.7. The van der Waals surface area contributed by atoms with Gasteiger partial charge in [0, 0.05) is 11.4 Å². The van der Waals surface area contributed by atoms with E-state index in [1.807, 2.05) is 37.3 Å². The molecule has 3 heterocycles. The van der Waals surface area contributed by atoms with Crippen molar-refractivity contribution in [1.29, 1.82) is 0 Å². The highest BCUT2D eigenvalue weighted by Gasteiger charge is 2.77. The van der Waals surface area contributed by atoms with E-state index in [1.54, 1.807) is 24.3 Å². The number of anilines is 1. The number of aliphatic hydroxyl groups is 1. The molecule has 2 bridgehead atoms. The molecule has 3 fully saturated rings. The monoisotopic (exact) mass is 589 g/mol. The Labute approximate surface area is 228 Å². The molecule has 0 radical (unpaired) electrons. The first-order valence-electron chi connectivity index (χ1n) is 12.4. The number of benzene rings is 2. The van der Waals surface area contributed by atoms with E-state index >= 15 is 0 Å². The quantitative estimate of drug-likeness (QED) is 0.410. The molecule has 2 aromatic carbocycles. The Hall–Kier alpha value is -2.46. The number of likely N-dealkylation sites (tertiary alicyclic amines) is 1. The maximum absolute atomic E-state index is 14.0. The molecule has 37 heavy (non-hydrogen) atoms. The topological polar surface area (TPSA) is 108 Å². The number of ether oxygens (including phenoxy) is 1. The molecule has 10 heteroatoms. The Bertz CT molecular complexity index is 1200. The first kappa shape index (κ1) is 26.2. The minimum Gasteiger partial charge on any atom is -0.394 e. The fourth-order valence-electron chi connectivity index (χ4n) is 6.14. The van der Waals surface area contributed by atoms with Gasteiger partial charge in [0.05, 0.1) is 41.3 Å². The molecule has 5 rings (SSSR count). The standard InChI is InChI=1S/C27H29BrClN3O5/c1-2-16(14-33)32-23(25(35)31-19-11-7-6-10-18(19)29)27-12-17(28)22(37-27)20(21(27)26(32)36)24(34)30-13-15-8-4-3-5-9-15/h3-11,16-17,20-23,33H,2,12-14H2,1H3,(H,30,34)(H,31,35)/t16-,17?,20+,21-,22+,23?,27?/m0/s1. The molecule has 1 spiro atoms. The molecule has 7 atom stereocenters. The zero-order chi connectivity index (χ0) is 26.3. The molecule has 3 aliphatic rings. The lowest BCUT2D eigenvalue weighted by Crippen LogP contribution is -2.56. The molecular weight excluding hydrogens is 562 g/mol. The second-order valence-electron chi connectivity index (χ2n) is 9.83. The van der Waals surface area contributed by atoms with E-state index in [9.17, 15) is 19.5 Å². The highest BCUT2D eigenvalue weighted by atomic mass is 79.9. The van der Waals surface area contributed by atoms with E-state index in [0.717, 1.165) is 5.56 Å². The van der Waals surface area contributed by atoms with Crippen LogP contribution in [-0.2, 0) is 25.7 Å². The van der Waals surface area contributed by atoms with Crippen LogP contribution < -0.4 is 10.6 Å². The Morgan fingerprint density at radius 1 is 1.19 bits per heavy atom. The molecule has 3 unspecified atom stereocenters. The lowest BCUT2D eigenvalue weighted by atomic mass is 9.70. The zero-order valence-electron chi connectivity index (χ0n) is 20.3. The lowest BCUT2D eigenvalue weighted by Gasteiger charge is -2.36. The largest absolute Gasteiger partial charge is 0.394 e. The van der Waals surface area contributed by atoms with Crippen LogP contribution in [0.5, 0.6) is 0 Å². The summed E-state index contributed by atoms with van der Waals surface area (Å²) < 4.78 is 6.48. The van der Waals surface area contributed by atoms with Crippen LogP contribution in [0.3, 0.4) is 0 Å². The molecule has 3 aliphatic heterocycles. The summed E-state index contributed by atoms with van der Waals surface area (Å²) in [5.74, 6) is -2.71. The summed E-state index contributed by atoms with van der Waals surface area (Å²) in [4.78, 5) is 42.6. The van der Waals surface area contributed by atoms with Crippen molar-refractivity contribution in [3.63, 3.8) is 0 Å².